The number of para-hydroxylation sites is 2. The molecule has 0 N–H and O–H groups in total. The molecule has 0 radical (unpaired) electrons. The largest absolute Gasteiger partial charge is 0.477 e. The average molecular weight is 350 g/mol. The molecule has 3 rings (SSSR count). The number of nitro benzene ring substituents is 1. The Labute approximate surface area is 150 Å². The summed E-state index contributed by atoms with van der Waals surface area (Å²) in [6.07, 6.45) is 0. The zero-order valence-corrected chi connectivity index (χ0v) is 14.3. The number of amides is 1. The van der Waals surface area contributed by atoms with Crippen molar-refractivity contribution >= 4 is 22.4 Å². The molecule has 0 aliphatic heterocycles. The molecule has 0 bridgehead atoms. The maximum absolute atomic E-state index is 12.4. The highest BCUT2D eigenvalue weighted by Crippen LogP contribution is 2.26. The average Bonchev–Trinajstić information content (AvgIpc) is 2.66. The summed E-state index contributed by atoms with van der Waals surface area (Å²) in [7, 11) is 1.69. The monoisotopic (exact) mass is 350 g/mol. The number of hydrogen-bond acceptors (Lipinski definition) is 4. The van der Waals surface area contributed by atoms with Crippen LogP contribution in [0.4, 0.5) is 5.69 Å². The molecule has 0 atom stereocenters. The minimum Gasteiger partial charge on any atom is -0.477 e. The Kier molecular flexibility index (Phi) is 5.12. The predicted octanol–water partition coefficient (Wildman–Crippen LogP) is 3.79. The van der Waals surface area contributed by atoms with Crippen LogP contribution in [0.1, 0.15) is 5.56 Å². The number of carbonyl (C=O) groups excluding carboxylic acids is 1. The second kappa shape index (κ2) is 7.65. The van der Waals surface area contributed by atoms with Crippen molar-refractivity contribution in [1.29, 1.82) is 0 Å². The fourth-order valence-electron chi connectivity index (χ4n) is 2.75. The highest BCUT2D eigenvalue weighted by Gasteiger charge is 2.17. The van der Waals surface area contributed by atoms with Crippen molar-refractivity contribution < 1.29 is 14.5 Å². The molecule has 0 spiro atoms. The van der Waals surface area contributed by atoms with Crippen molar-refractivity contribution in [2.45, 2.75) is 6.54 Å². The molecule has 26 heavy (non-hydrogen) atoms. The van der Waals surface area contributed by atoms with E-state index < -0.39 is 4.92 Å². The van der Waals surface area contributed by atoms with Crippen LogP contribution in [-0.4, -0.2) is 29.4 Å². The van der Waals surface area contributed by atoms with Crippen molar-refractivity contribution in [3.8, 4) is 5.75 Å². The van der Waals surface area contributed by atoms with E-state index >= 15 is 0 Å². The van der Waals surface area contributed by atoms with Crippen LogP contribution < -0.4 is 4.74 Å². The number of ether oxygens (including phenoxy) is 1. The molecule has 132 valence electrons. The summed E-state index contributed by atoms with van der Waals surface area (Å²) >= 11 is 0. The van der Waals surface area contributed by atoms with Crippen LogP contribution in [0.15, 0.2) is 66.7 Å². The number of nitrogens with zero attached hydrogens (tertiary/aromatic N) is 2. The Bertz CT molecular complexity index is 950. The summed E-state index contributed by atoms with van der Waals surface area (Å²) in [4.78, 5) is 24.4. The van der Waals surface area contributed by atoms with Crippen LogP contribution in [0.5, 0.6) is 5.75 Å². The summed E-state index contributed by atoms with van der Waals surface area (Å²) in [5.74, 6) is -0.166. The Balaban J connectivity index is 1.68. The molecule has 0 aromatic heterocycles. The maximum Gasteiger partial charge on any atom is 0.310 e. The van der Waals surface area contributed by atoms with E-state index in [1.165, 1.54) is 12.1 Å². The highest BCUT2D eigenvalue weighted by molar-refractivity contribution is 5.86. The van der Waals surface area contributed by atoms with E-state index in [0.29, 0.717) is 6.54 Å². The van der Waals surface area contributed by atoms with E-state index in [1.54, 1.807) is 24.1 Å². The predicted molar refractivity (Wildman–Crippen MR) is 99.0 cm³/mol. The van der Waals surface area contributed by atoms with Gasteiger partial charge in [0.15, 0.2) is 12.4 Å². The lowest BCUT2D eigenvalue weighted by molar-refractivity contribution is -0.385. The van der Waals surface area contributed by atoms with Crippen molar-refractivity contribution in [2.24, 2.45) is 0 Å². The molecule has 0 unspecified atom stereocenters. The second-order valence-corrected chi connectivity index (χ2v) is 5.90. The topological polar surface area (TPSA) is 72.7 Å². The van der Waals surface area contributed by atoms with Crippen molar-refractivity contribution in [3.63, 3.8) is 0 Å². The molecule has 6 heteroatoms. The van der Waals surface area contributed by atoms with Crippen LogP contribution in [0.3, 0.4) is 0 Å². The third kappa shape index (κ3) is 3.80. The number of hydrogen-bond donors (Lipinski definition) is 0. The first-order chi connectivity index (χ1) is 12.6. The van der Waals surface area contributed by atoms with Gasteiger partial charge in [-0.25, -0.2) is 0 Å². The van der Waals surface area contributed by atoms with Gasteiger partial charge in [-0.2, -0.15) is 0 Å². The summed E-state index contributed by atoms with van der Waals surface area (Å²) in [5.41, 5.74) is 0.877. The van der Waals surface area contributed by atoms with E-state index in [9.17, 15) is 14.9 Å². The van der Waals surface area contributed by atoms with Gasteiger partial charge >= 0.3 is 5.69 Å². The Morgan fingerprint density at radius 1 is 1.04 bits per heavy atom. The minimum absolute atomic E-state index is 0.0874. The van der Waals surface area contributed by atoms with Gasteiger partial charge < -0.3 is 9.64 Å². The van der Waals surface area contributed by atoms with Crippen LogP contribution in [0.25, 0.3) is 10.8 Å². The molecular weight excluding hydrogens is 332 g/mol. The second-order valence-electron chi connectivity index (χ2n) is 5.90. The van der Waals surface area contributed by atoms with E-state index in [4.69, 9.17) is 4.74 Å². The van der Waals surface area contributed by atoms with Gasteiger partial charge in [-0.1, -0.05) is 54.6 Å². The molecule has 0 fully saturated rings. The molecular formula is C20H18N2O4. The van der Waals surface area contributed by atoms with Gasteiger partial charge in [0.2, 0.25) is 0 Å². The van der Waals surface area contributed by atoms with Gasteiger partial charge in [-0.15, -0.1) is 0 Å². The van der Waals surface area contributed by atoms with Crippen molar-refractivity contribution in [3.05, 3.63) is 82.4 Å². The molecule has 0 saturated heterocycles. The number of nitro groups is 1. The van der Waals surface area contributed by atoms with Gasteiger partial charge in [0.25, 0.3) is 5.91 Å². The Morgan fingerprint density at radius 2 is 1.73 bits per heavy atom. The molecule has 1 amide bonds. The van der Waals surface area contributed by atoms with E-state index in [1.807, 2.05) is 42.5 Å². The SMILES string of the molecule is CN(Cc1cccc2ccccc12)C(=O)COc1ccccc1[N+](=O)[O-]. The summed E-state index contributed by atoms with van der Waals surface area (Å²) in [5, 5.41) is 13.2. The molecule has 0 aliphatic carbocycles. The Hall–Kier alpha value is -3.41. The van der Waals surface area contributed by atoms with Crippen LogP contribution in [0, 0.1) is 10.1 Å². The smallest absolute Gasteiger partial charge is 0.310 e. The van der Waals surface area contributed by atoms with E-state index in [2.05, 4.69) is 0 Å². The Morgan fingerprint density at radius 3 is 2.54 bits per heavy atom. The number of carbonyl (C=O) groups is 1. The lowest BCUT2D eigenvalue weighted by Gasteiger charge is -2.18. The van der Waals surface area contributed by atoms with Crippen LogP contribution in [-0.2, 0) is 11.3 Å². The standard InChI is InChI=1S/C20H18N2O4/c1-21(13-16-9-6-8-15-7-2-3-10-17(15)16)20(23)14-26-19-12-5-4-11-18(19)22(24)25/h2-12H,13-14H2,1H3. The van der Waals surface area contributed by atoms with Gasteiger partial charge in [0.05, 0.1) is 4.92 Å². The van der Waals surface area contributed by atoms with Crippen molar-refractivity contribution in [2.75, 3.05) is 13.7 Å². The molecule has 3 aromatic rings. The van der Waals surface area contributed by atoms with Crippen LogP contribution >= 0.6 is 0 Å². The number of benzene rings is 3. The molecule has 0 saturated carbocycles. The number of likely N-dealkylation sites (N-methyl/N-ethyl adjacent to an activating group) is 1. The lowest BCUT2D eigenvalue weighted by atomic mass is 10.0. The zero-order valence-electron chi connectivity index (χ0n) is 14.3. The summed E-state index contributed by atoms with van der Waals surface area (Å²) in [6, 6.07) is 20.0. The third-order valence-corrected chi connectivity index (χ3v) is 4.13. The summed E-state index contributed by atoms with van der Waals surface area (Å²) < 4.78 is 5.37. The minimum atomic E-state index is -0.528. The van der Waals surface area contributed by atoms with E-state index in [0.717, 1.165) is 16.3 Å². The normalized spacial score (nSPS) is 10.5. The van der Waals surface area contributed by atoms with Gasteiger partial charge in [0.1, 0.15) is 0 Å². The van der Waals surface area contributed by atoms with Gasteiger partial charge in [-0.3, -0.25) is 14.9 Å². The molecule has 3 aromatic carbocycles. The zero-order chi connectivity index (χ0) is 18.5. The molecule has 0 aliphatic rings. The first kappa shape index (κ1) is 17.4. The van der Waals surface area contributed by atoms with Gasteiger partial charge in [0, 0.05) is 19.7 Å². The van der Waals surface area contributed by atoms with Crippen molar-refractivity contribution in [1.82, 2.24) is 4.90 Å². The molecule has 6 nitrogen and oxygen atoms in total. The third-order valence-electron chi connectivity index (χ3n) is 4.13. The number of rotatable bonds is 6. The van der Waals surface area contributed by atoms with Crippen LogP contribution in [0.2, 0.25) is 0 Å². The first-order valence-corrected chi connectivity index (χ1v) is 8.13. The highest BCUT2D eigenvalue weighted by atomic mass is 16.6. The number of fused-ring (bicyclic) bond motifs is 1. The fraction of sp³-hybridized carbons (Fsp3) is 0.150. The summed E-state index contributed by atoms with van der Waals surface area (Å²) in [6.45, 7) is 0.173. The van der Waals surface area contributed by atoms with E-state index in [-0.39, 0.29) is 24.0 Å². The van der Waals surface area contributed by atoms with Gasteiger partial charge in [-0.05, 0) is 22.4 Å². The maximum atomic E-state index is 12.4. The quantitative estimate of drug-likeness (QED) is 0.501. The first-order valence-electron chi connectivity index (χ1n) is 8.13. The fourth-order valence-corrected chi connectivity index (χ4v) is 2.75. The lowest BCUT2D eigenvalue weighted by Crippen LogP contribution is -2.31. The molecule has 0 heterocycles.